The fourth-order valence-electron chi connectivity index (χ4n) is 2.76. The summed E-state index contributed by atoms with van der Waals surface area (Å²) < 4.78 is 0. The van der Waals surface area contributed by atoms with Gasteiger partial charge in [-0.3, -0.25) is 4.79 Å². The fourth-order valence-corrected chi connectivity index (χ4v) is 2.76. The Balaban J connectivity index is 1.68. The molecule has 0 aliphatic carbocycles. The zero-order valence-electron chi connectivity index (χ0n) is 11.7. The van der Waals surface area contributed by atoms with Gasteiger partial charge in [0.1, 0.15) is 0 Å². The third kappa shape index (κ3) is 2.93. The van der Waals surface area contributed by atoms with Crippen LogP contribution in [0.15, 0.2) is 54.3 Å². The molecule has 0 radical (unpaired) electrons. The zero-order chi connectivity index (χ0) is 13.8. The van der Waals surface area contributed by atoms with Crippen LogP contribution in [0.3, 0.4) is 0 Å². The molecule has 0 spiro atoms. The summed E-state index contributed by atoms with van der Waals surface area (Å²) in [4.78, 5) is 16.5. The Morgan fingerprint density at radius 1 is 1.10 bits per heavy atom. The van der Waals surface area contributed by atoms with E-state index in [2.05, 4.69) is 35.2 Å². The van der Waals surface area contributed by atoms with Crippen LogP contribution in [0, 0.1) is 0 Å². The van der Waals surface area contributed by atoms with Gasteiger partial charge in [-0.15, -0.1) is 0 Å². The largest absolute Gasteiger partial charge is 0.369 e. The standard InChI is InChI=1S/C17H20N2O/c20-17(19-11-4-5-12-19)16-9-6-10-18(14-16)13-15-7-2-1-3-8-15/h1-3,6-9,14H,4-5,10-13H2. The highest BCUT2D eigenvalue weighted by atomic mass is 16.2. The molecule has 3 rings (SSSR count). The van der Waals surface area contributed by atoms with Crippen molar-refractivity contribution in [3.05, 3.63) is 59.8 Å². The molecular weight excluding hydrogens is 248 g/mol. The van der Waals surface area contributed by atoms with Crippen LogP contribution in [0.5, 0.6) is 0 Å². The van der Waals surface area contributed by atoms with Gasteiger partial charge in [0.15, 0.2) is 0 Å². The molecule has 1 aromatic rings. The number of hydrogen-bond acceptors (Lipinski definition) is 2. The van der Waals surface area contributed by atoms with Crippen molar-refractivity contribution < 1.29 is 4.79 Å². The van der Waals surface area contributed by atoms with Gasteiger partial charge in [0, 0.05) is 32.4 Å². The first kappa shape index (κ1) is 13.0. The number of hydrogen-bond donors (Lipinski definition) is 0. The lowest BCUT2D eigenvalue weighted by molar-refractivity contribution is -0.125. The molecule has 0 aromatic heterocycles. The molecule has 2 aliphatic rings. The monoisotopic (exact) mass is 268 g/mol. The Bertz CT molecular complexity index is 527. The first-order valence-corrected chi connectivity index (χ1v) is 7.28. The van der Waals surface area contributed by atoms with Crippen LogP contribution in [0.1, 0.15) is 18.4 Å². The van der Waals surface area contributed by atoms with Gasteiger partial charge in [-0.2, -0.15) is 0 Å². The van der Waals surface area contributed by atoms with Crippen LogP contribution in [-0.2, 0) is 11.3 Å². The van der Waals surface area contributed by atoms with Crippen LogP contribution in [0.25, 0.3) is 0 Å². The van der Waals surface area contributed by atoms with Crippen molar-refractivity contribution in [2.24, 2.45) is 0 Å². The van der Waals surface area contributed by atoms with Crippen LogP contribution in [0.4, 0.5) is 0 Å². The van der Waals surface area contributed by atoms with E-state index in [0.717, 1.165) is 44.6 Å². The molecule has 3 nitrogen and oxygen atoms in total. The van der Waals surface area contributed by atoms with E-state index >= 15 is 0 Å². The predicted molar refractivity (Wildman–Crippen MR) is 79.9 cm³/mol. The summed E-state index contributed by atoms with van der Waals surface area (Å²) >= 11 is 0. The topological polar surface area (TPSA) is 23.6 Å². The minimum atomic E-state index is 0.177. The predicted octanol–water partition coefficient (Wildman–Crippen LogP) is 2.56. The second-order valence-corrected chi connectivity index (χ2v) is 5.40. The normalized spacial score (nSPS) is 18.3. The number of likely N-dealkylation sites (tertiary alicyclic amines) is 1. The molecule has 104 valence electrons. The van der Waals surface area contributed by atoms with Gasteiger partial charge in [0.25, 0.3) is 5.91 Å². The van der Waals surface area contributed by atoms with Gasteiger partial charge < -0.3 is 9.80 Å². The highest BCUT2D eigenvalue weighted by Gasteiger charge is 2.21. The molecule has 1 aromatic carbocycles. The number of rotatable bonds is 3. The molecule has 2 heterocycles. The van der Waals surface area contributed by atoms with Crippen molar-refractivity contribution in [2.75, 3.05) is 19.6 Å². The Morgan fingerprint density at radius 2 is 1.85 bits per heavy atom. The summed E-state index contributed by atoms with van der Waals surface area (Å²) in [5, 5.41) is 0. The van der Waals surface area contributed by atoms with Crippen LogP contribution in [-0.4, -0.2) is 35.3 Å². The summed E-state index contributed by atoms with van der Waals surface area (Å²) in [5.74, 6) is 0.177. The highest BCUT2D eigenvalue weighted by Crippen LogP contribution is 2.17. The van der Waals surface area contributed by atoms with E-state index < -0.39 is 0 Å². The van der Waals surface area contributed by atoms with Gasteiger partial charge in [0.05, 0.1) is 5.57 Å². The molecule has 3 heteroatoms. The lowest BCUT2D eigenvalue weighted by Gasteiger charge is -2.25. The maximum Gasteiger partial charge on any atom is 0.255 e. The van der Waals surface area contributed by atoms with E-state index in [1.54, 1.807) is 0 Å². The number of nitrogens with zero attached hydrogens (tertiary/aromatic N) is 2. The van der Waals surface area contributed by atoms with E-state index in [-0.39, 0.29) is 5.91 Å². The zero-order valence-corrected chi connectivity index (χ0v) is 11.7. The van der Waals surface area contributed by atoms with Gasteiger partial charge in [-0.05, 0) is 18.4 Å². The van der Waals surface area contributed by atoms with Crippen LogP contribution in [0.2, 0.25) is 0 Å². The van der Waals surface area contributed by atoms with Gasteiger partial charge >= 0.3 is 0 Å². The van der Waals surface area contributed by atoms with Crippen LogP contribution >= 0.6 is 0 Å². The molecule has 20 heavy (non-hydrogen) atoms. The van der Waals surface area contributed by atoms with E-state index in [9.17, 15) is 4.79 Å². The smallest absolute Gasteiger partial charge is 0.255 e. The van der Waals surface area contributed by atoms with Crippen molar-refractivity contribution >= 4 is 5.91 Å². The first-order chi connectivity index (χ1) is 9.83. The average Bonchev–Trinajstić information content (AvgIpc) is 3.02. The Kier molecular flexibility index (Phi) is 3.86. The minimum Gasteiger partial charge on any atom is -0.369 e. The molecule has 0 saturated carbocycles. The van der Waals surface area contributed by atoms with E-state index in [1.807, 2.05) is 23.2 Å². The fraction of sp³-hybridized carbons (Fsp3) is 0.353. The number of amides is 1. The second kappa shape index (κ2) is 5.95. The van der Waals surface area contributed by atoms with Gasteiger partial charge in [-0.25, -0.2) is 0 Å². The maximum absolute atomic E-state index is 12.4. The molecule has 1 saturated heterocycles. The quantitative estimate of drug-likeness (QED) is 0.841. The molecule has 0 atom stereocenters. The Hall–Kier alpha value is -2.03. The van der Waals surface area contributed by atoms with Crippen LogP contribution < -0.4 is 0 Å². The lowest BCUT2D eigenvalue weighted by Crippen LogP contribution is -2.31. The van der Waals surface area contributed by atoms with E-state index in [1.165, 1.54) is 5.56 Å². The van der Waals surface area contributed by atoms with Crippen molar-refractivity contribution in [3.63, 3.8) is 0 Å². The summed E-state index contributed by atoms with van der Waals surface area (Å²) in [7, 11) is 0. The number of benzene rings is 1. The third-order valence-corrected chi connectivity index (χ3v) is 3.83. The highest BCUT2D eigenvalue weighted by molar-refractivity contribution is 5.96. The third-order valence-electron chi connectivity index (χ3n) is 3.83. The number of carbonyl (C=O) groups is 1. The summed E-state index contributed by atoms with van der Waals surface area (Å²) in [5.41, 5.74) is 2.08. The molecule has 0 bridgehead atoms. The average molecular weight is 268 g/mol. The SMILES string of the molecule is O=C(C1=CN(Cc2ccccc2)CC=C1)N1CCCC1. The number of carbonyl (C=O) groups excluding carboxylic acids is 1. The van der Waals surface area contributed by atoms with Crippen molar-refractivity contribution in [2.45, 2.75) is 19.4 Å². The molecule has 1 amide bonds. The lowest BCUT2D eigenvalue weighted by atomic mass is 10.1. The molecular formula is C17H20N2O. The second-order valence-electron chi connectivity index (χ2n) is 5.40. The van der Waals surface area contributed by atoms with Crippen molar-refractivity contribution in [1.29, 1.82) is 0 Å². The van der Waals surface area contributed by atoms with E-state index in [0.29, 0.717) is 0 Å². The molecule has 0 unspecified atom stereocenters. The van der Waals surface area contributed by atoms with E-state index in [4.69, 9.17) is 0 Å². The summed E-state index contributed by atoms with van der Waals surface area (Å²) in [6.07, 6.45) is 8.31. The minimum absolute atomic E-state index is 0.177. The van der Waals surface area contributed by atoms with Gasteiger partial charge in [0.2, 0.25) is 0 Å². The Labute approximate surface area is 120 Å². The summed E-state index contributed by atoms with van der Waals surface area (Å²) in [6.45, 7) is 3.53. The van der Waals surface area contributed by atoms with Gasteiger partial charge in [-0.1, -0.05) is 42.5 Å². The van der Waals surface area contributed by atoms with Crippen molar-refractivity contribution in [1.82, 2.24) is 9.80 Å². The maximum atomic E-state index is 12.4. The molecule has 0 N–H and O–H groups in total. The van der Waals surface area contributed by atoms with Crippen molar-refractivity contribution in [3.8, 4) is 0 Å². The molecule has 1 fully saturated rings. The summed E-state index contributed by atoms with van der Waals surface area (Å²) in [6, 6.07) is 10.4. The molecule has 2 aliphatic heterocycles. The first-order valence-electron chi connectivity index (χ1n) is 7.28. The Morgan fingerprint density at radius 3 is 2.60 bits per heavy atom.